The highest BCUT2D eigenvalue weighted by Gasteiger charge is 2.46. The Morgan fingerprint density at radius 3 is 2.82 bits per heavy atom. The maximum Gasteiger partial charge on any atom is 0.216 e. The van der Waals surface area contributed by atoms with Crippen LogP contribution in [-0.4, -0.2) is 37.8 Å². The Morgan fingerprint density at radius 2 is 2.09 bits per heavy atom. The van der Waals surface area contributed by atoms with Gasteiger partial charge in [-0.3, -0.25) is 4.79 Å². The van der Waals surface area contributed by atoms with Crippen molar-refractivity contribution >= 4 is 21.8 Å². The zero-order chi connectivity index (χ0) is 24.3. The standard InChI is InChI=1S/C25H26BrF2N3O3/c1-15(32)30-11-9-16-5-3-4-6-18(16)24-22(26)23(31-34-24)19-14-29-12-10-25(19,33-2)17-7-8-20(27)21(28)13-17/h3-8,13,19,29H,9-12,14H2,1-2H3,(H,30,32). The van der Waals surface area contributed by atoms with E-state index in [-0.39, 0.29) is 11.8 Å². The molecule has 0 aliphatic carbocycles. The summed E-state index contributed by atoms with van der Waals surface area (Å²) in [5.74, 6) is -1.66. The highest BCUT2D eigenvalue weighted by atomic mass is 79.9. The Bertz CT molecular complexity index is 1190. The van der Waals surface area contributed by atoms with Crippen LogP contribution in [0, 0.1) is 11.6 Å². The molecule has 180 valence electrons. The summed E-state index contributed by atoms with van der Waals surface area (Å²) in [5.41, 5.74) is 2.12. The quantitative estimate of drug-likeness (QED) is 0.461. The van der Waals surface area contributed by atoms with Gasteiger partial charge in [-0.15, -0.1) is 0 Å². The summed E-state index contributed by atoms with van der Waals surface area (Å²) >= 11 is 3.69. The average Bonchev–Trinajstić information content (AvgIpc) is 3.21. The predicted molar refractivity (Wildman–Crippen MR) is 127 cm³/mol. The molecule has 3 aromatic rings. The lowest BCUT2D eigenvalue weighted by atomic mass is 9.74. The van der Waals surface area contributed by atoms with Crippen molar-refractivity contribution in [1.82, 2.24) is 15.8 Å². The van der Waals surface area contributed by atoms with Gasteiger partial charge in [-0.05, 0) is 58.6 Å². The smallest absolute Gasteiger partial charge is 0.216 e. The number of hydrogen-bond donors (Lipinski definition) is 2. The Morgan fingerprint density at radius 1 is 1.29 bits per heavy atom. The second kappa shape index (κ2) is 10.3. The fourth-order valence-corrected chi connectivity index (χ4v) is 5.29. The van der Waals surface area contributed by atoms with Crippen LogP contribution in [0.4, 0.5) is 8.78 Å². The number of ether oxygens (including phenoxy) is 1. The molecule has 0 bridgehead atoms. The second-order valence-electron chi connectivity index (χ2n) is 8.33. The van der Waals surface area contributed by atoms with Crippen molar-refractivity contribution < 1.29 is 22.8 Å². The molecular weight excluding hydrogens is 508 g/mol. The maximum absolute atomic E-state index is 14.2. The van der Waals surface area contributed by atoms with Crippen LogP contribution in [0.5, 0.6) is 0 Å². The third kappa shape index (κ3) is 4.64. The molecule has 0 saturated carbocycles. The van der Waals surface area contributed by atoms with E-state index < -0.39 is 17.2 Å². The molecule has 1 amide bonds. The van der Waals surface area contributed by atoms with Crippen LogP contribution in [0.25, 0.3) is 11.3 Å². The molecule has 34 heavy (non-hydrogen) atoms. The first-order valence-corrected chi connectivity index (χ1v) is 11.9. The summed E-state index contributed by atoms with van der Waals surface area (Å²) in [6.07, 6.45) is 1.17. The van der Waals surface area contributed by atoms with E-state index in [1.165, 1.54) is 13.0 Å². The zero-order valence-corrected chi connectivity index (χ0v) is 20.5. The second-order valence-corrected chi connectivity index (χ2v) is 9.12. The lowest BCUT2D eigenvalue weighted by Gasteiger charge is -2.43. The summed E-state index contributed by atoms with van der Waals surface area (Å²) in [4.78, 5) is 11.3. The van der Waals surface area contributed by atoms with Crippen LogP contribution in [0.15, 0.2) is 51.5 Å². The molecule has 0 spiro atoms. The molecule has 6 nitrogen and oxygen atoms in total. The summed E-state index contributed by atoms with van der Waals surface area (Å²) in [6.45, 7) is 3.15. The Kier molecular flexibility index (Phi) is 7.45. The van der Waals surface area contributed by atoms with E-state index >= 15 is 0 Å². The summed E-state index contributed by atoms with van der Waals surface area (Å²) in [7, 11) is 1.58. The molecule has 1 saturated heterocycles. The van der Waals surface area contributed by atoms with E-state index in [9.17, 15) is 13.6 Å². The molecule has 2 atom stereocenters. The van der Waals surface area contributed by atoms with Gasteiger partial charge in [-0.1, -0.05) is 35.5 Å². The van der Waals surface area contributed by atoms with E-state index in [1.54, 1.807) is 13.2 Å². The normalized spacial score (nSPS) is 20.3. The number of benzene rings is 2. The van der Waals surface area contributed by atoms with Gasteiger partial charge in [0, 0.05) is 32.7 Å². The summed E-state index contributed by atoms with van der Waals surface area (Å²) < 4.78 is 40.3. The number of nitrogens with one attached hydrogen (secondary N) is 2. The number of hydrogen-bond acceptors (Lipinski definition) is 5. The minimum absolute atomic E-state index is 0.0847. The van der Waals surface area contributed by atoms with E-state index in [0.717, 1.165) is 17.2 Å². The van der Waals surface area contributed by atoms with Crippen LogP contribution >= 0.6 is 15.9 Å². The maximum atomic E-state index is 14.2. The molecule has 9 heteroatoms. The van der Waals surface area contributed by atoms with Crippen LogP contribution in [0.1, 0.15) is 36.1 Å². The molecule has 1 aliphatic rings. The van der Waals surface area contributed by atoms with Gasteiger partial charge in [0.1, 0.15) is 11.3 Å². The van der Waals surface area contributed by atoms with E-state index in [1.807, 2.05) is 24.3 Å². The van der Waals surface area contributed by atoms with E-state index in [4.69, 9.17) is 9.26 Å². The minimum atomic E-state index is -0.917. The van der Waals surface area contributed by atoms with Gasteiger partial charge in [0.2, 0.25) is 5.91 Å². The van der Waals surface area contributed by atoms with Gasteiger partial charge in [0.25, 0.3) is 0 Å². The Balaban J connectivity index is 1.73. The van der Waals surface area contributed by atoms with Crippen LogP contribution in [-0.2, 0) is 21.6 Å². The summed E-state index contributed by atoms with van der Waals surface area (Å²) in [6, 6.07) is 11.6. The fourth-order valence-electron chi connectivity index (χ4n) is 4.65. The fraction of sp³-hybridized carbons (Fsp3) is 0.360. The molecular formula is C25H26BrF2N3O3. The van der Waals surface area contributed by atoms with Crippen molar-refractivity contribution in [3.63, 3.8) is 0 Å². The third-order valence-corrected chi connectivity index (χ3v) is 7.14. The molecule has 1 aromatic heterocycles. The van der Waals surface area contributed by atoms with Gasteiger partial charge < -0.3 is 19.9 Å². The van der Waals surface area contributed by atoms with Crippen molar-refractivity contribution in [3.8, 4) is 11.3 Å². The predicted octanol–water partition coefficient (Wildman–Crippen LogP) is 4.68. The van der Waals surface area contributed by atoms with Crippen LogP contribution < -0.4 is 10.6 Å². The van der Waals surface area contributed by atoms with Crippen molar-refractivity contribution in [2.45, 2.75) is 31.3 Å². The first-order valence-electron chi connectivity index (χ1n) is 11.1. The van der Waals surface area contributed by atoms with Crippen molar-refractivity contribution in [2.75, 3.05) is 26.7 Å². The Hall–Kier alpha value is -2.62. The monoisotopic (exact) mass is 533 g/mol. The van der Waals surface area contributed by atoms with E-state index in [0.29, 0.717) is 54.0 Å². The number of piperidine rings is 1. The van der Waals surface area contributed by atoms with Crippen molar-refractivity contribution in [2.24, 2.45) is 0 Å². The first kappa shape index (κ1) is 24.5. The number of halogens is 3. The number of aromatic nitrogens is 1. The van der Waals surface area contributed by atoms with Gasteiger partial charge in [0.15, 0.2) is 17.4 Å². The van der Waals surface area contributed by atoms with Gasteiger partial charge in [0.05, 0.1) is 10.4 Å². The topological polar surface area (TPSA) is 76.4 Å². The highest BCUT2D eigenvalue weighted by Crippen LogP contribution is 2.47. The van der Waals surface area contributed by atoms with Gasteiger partial charge in [-0.2, -0.15) is 0 Å². The molecule has 2 unspecified atom stereocenters. The molecule has 4 rings (SSSR count). The molecule has 0 radical (unpaired) electrons. The number of rotatable bonds is 7. The van der Waals surface area contributed by atoms with Gasteiger partial charge >= 0.3 is 0 Å². The molecule has 1 fully saturated rings. The number of amides is 1. The van der Waals surface area contributed by atoms with Crippen LogP contribution in [0.3, 0.4) is 0 Å². The van der Waals surface area contributed by atoms with Gasteiger partial charge in [-0.25, -0.2) is 8.78 Å². The molecule has 1 aliphatic heterocycles. The number of nitrogens with zero attached hydrogens (tertiary/aromatic N) is 1. The molecule has 2 aromatic carbocycles. The first-order chi connectivity index (χ1) is 16.4. The van der Waals surface area contributed by atoms with Crippen LogP contribution in [0.2, 0.25) is 0 Å². The molecule has 2 heterocycles. The number of carbonyl (C=O) groups excluding carboxylic acids is 1. The third-order valence-electron chi connectivity index (χ3n) is 6.38. The minimum Gasteiger partial charge on any atom is -0.373 e. The van der Waals surface area contributed by atoms with Crippen molar-refractivity contribution in [3.05, 3.63) is 75.4 Å². The largest absolute Gasteiger partial charge is 0.373 e. The Labute approximate surface area is 205 Å². The SMILES string of the molecule is COC1(c2ccc(F)c(F)c2)CCNCC1c1noc(-c2ccccc2CCNC(C)=O)c1Br. The average molecular weight is 534 g/mol. The molecule has 2 N–H and O–H groups in total. The number of methoxy groups -OCH3 is 1. The van der Waals surface area contributed by atoms with Crippen molar-refractivity contribution in [1.29, 1.82) is 0 Å². The number of carbonyl (C=O) groups is 1. The lowest BCUT2D eigenvalue weighted by molar-refractivity contribution is -0.118. The zero-order valence-electron chi connectivity index (χ0n) is 19.0. The highest BCUT2D eigenvalue weighted by molar-refractivity contribution is 9.10. The summed E-state index contributed by atoms with van der Waals surface area (Å²) in [5, 5.41) is 10.6. The van der Waals surface area contributed by atoms with E-state index in [2.05, 4.69) is 31.7 Å². The lowest BCUT2D eigenvalue weighted by Crippen LogP contribution is -2.48.